The van der Waals surface area contributed by atoms with Crippen molar-refractivity contribution in [3.05, 3.63) is 76.6 Å². The maximum absolute atomic E-state index is 12.5. The number of nitrogens with two attached hydrogens (primary N) is 1. The van der Waals surface area contributed by atoms with E-state index in [1.165, 1.54) is 4.57 Å². The minimum Gasteiger partial charge on any atom is -0.364 e. The molecule has 0 unspecified atom stereocenters. The largest absolute Gasteiger partial charge is 0.364 e. The van der Waals surface area contributed by atoms with Crippen LogP contribution in [-0.4, -0.2) is 30.4 Å². The van der Waals surface area contributed by atoms with Crippen molar-refractivity contribution in [3.8, 4) is 11.4 Å². The third-order valence-electron chi connectivity index (χ3n) is 4.24. The van der Waals surface area contributed by atoms with Crippen LogP contribution in [0.1, 0.15) is 16.1 Å². The smallest absolute Gasteiger partial charge is 0.327 e. The highest BCUT2D eigenvalue weighted by molar-refractivity contribution is 6.01. The van der Waals surface area contributed by atoms with Gasteiger partial charge < -0.3 is 10.7 Å². The number of nitrogens with one attached hydrogen (secondary N) is 1. The van der Waals surface area contributed by atoms with Crippen LogP contribution in [0.15, 0.2) is 59.7 Å². The van der Waals surface area contributed by atoms with Crippen LogP contribution in [0.2, 0.25) is 0 Å². The number of aromatic nitrogens is 5. The number of hydrogen-bond donors (Lipinski definition) is 2. The highest BCUT2D eigenvalue weighted by atomic mass is 16.2. The maximum atomic E-state index is 12.5. The molecular formula is C19H16N6O2. The standard InChI is InChI=1S/C19H16N6O2/c20-16(26)14-15-18(24-17(22-14)13-7-4-9-21-11-13)25(19(27)23-15)10-8-12-5-2-1-3-6-12/h1-7,9,11H,8,10H2,(H2,20,26)(H,23,27). The molecule has 0 aliphatic rings. The first-order valence-electron chi connectivity index (χ1n) is 8.38. The highest BCUT2D eigenvalue weighted by Gasteiger charge is 2.19. The zero-order chi connectivity index (χ0) is 18.8. The van der Waals surface area contributed by atoms with Crippen LogP contribution in [0, 0.1) is 0 Å². The van der Waals surface area contributed by atoms with Crippen molar-refractivity contribution in [2.24, 2.45) is 5.73 Å². The van der Waals surface area contributed by atoms with E-state index in [4.69, 9.17) is 5.73 Å². The molecule has 3 N–H and O–H groups in total. The van der Waals surface area contributed by atoms with Crippen molar-refractivity contribution < 1.29 is 4.79 Å². The highest BCUT2D eigenvalue weighted by Crippen LogP contribution is 2.19. The second-order valence-corrected chi connectivity index (χ2v) is 6.02. The summed E-state index contributed by atoms with van der Waals surface area (Å²) in [5.41, 5.74) is 7.41. The van der Waals surface area contributed by atoms with Crippen molar-refractivity contribution in [3.63, 3.8) is 0 Å². The molecule has 3 heterocycles. The Morgan fingerprint density at radius 1 is 1.11 bits per heavy atom. The number of nitrogens with zero attached hydrogens (tertiary/aromatic N) is 4. The molecule has 1 amide bonds. The van der Waals surface area contributed by atoms with Crippen LogP contribution in [0.25, 0.3) is 22.6 Å². The molecule has 0 atom stereocenters. The zero-order valence-electron chi connectivity index (χ0n) is 14.3. The molecule has 0 radical (unpaired) electrons. The summed E-state index contributed by atoms with van der Waals surface area (Å²) in [4.78, 5) is 39.8. The van der Waals surface area contributed by atoms with E-state index < -0.39 is 5.91 Å². The van der Waals surface area contributed by atoms with Gasteiger partial charge in [0.1, 0.15) is 5.52 Å². The number of aromatic amines is 1. The first-order valence-corrected chi connectivity index (χ1v) is 8.38. The molecule has 0 aliphatic heterocycles. The Morgan fingerprint density at radius 2 is 1.93 bits per heavy atom. The molecule has 8 heteroatoms. The summed E-state index contributed by atoms with van der Waals surface area (Å²) < 4.78 is 1.50. The predicted molar refractivity (Wildman–Crippen MR) is 100 cm³/mol. The minimum atomic E-state index is -0.732. The Labute approximate surface area is 153 Å². The predicted octanol–water partition coefficient (Wildman–Crippen LogP) is 1.52. The van der Waals surface area contributed by atoms with Gasteiger partial charge in [0, 0.05) is 24.5 Å². The van der Waals surface area contributed by atoms with Gasteiger partial charge in [0.25, 0.3) is 5.91 Å². The number of amides is 1. The van der Waals surface area contributed by atoms with E-state index in [2.05, 4.69) is 19.9 Å². The summed E-state index contributed by atoms with van der Waals surface area (Å²) >= 11 is 0. The van der Waals surface area contributed by atoms with E-state index in [0.717, 1.165) is 5.56 Å². The Bertz CT molecular complexity index is 1170. The molecule has 0 saturated heterocycles. The molecule has 0 fully saturated rings. The fourth-order valence-electron chi connectivity index (χ4n) is 2.93. The quantitative estimate of drug-likeness (QED) is 0.559. The lowest BCUT2D eigenvalue weighted by Gasteiger charge is -2.06. The molecule has 0 spiro atoms. The molecular weight excluding hydrogens is 344 g/mol. The van der Waals surface area contributed by atoms with Gasteiger partial charge >= 0.3 is 5.69 Å². The molecule has 27 heavy (non-hydrogen) atoms. The van der Waals surface area contributed by atoms with Gasteiger partial charge in [-0.1, -0.05) is 30.3 Å². The van der Waals surface area contributed by atoms with Gasteiger partial charge in [-0.15, -0.1) is 0 Å². The van der Waals surface area contributed by atoms with E-state index in [-0.39, 0.29) is 22.7 Å². The number of fused-ring (bicyclic) bond motifs is 1. The number of carbonyl (C=O) groups excluding carboxylic acids is 1. The normalized spacial score (nSPS) is 11.0. The van der Waals surface area contributed by atoms with Gasteiger partial charge in [0.05, 0.1) is 0 Å². The van der Waals surface area contributed by atoms with E-state index in [1.54, 1.807) is 24.5 Å². The van der Waals surface area contributed by atoms with Crippen LogP contribution in [0.3, 0.4) is 0 Å². The number of pyridine rings is 1. The number of aryl methyl sites for hydroxylation is 2. The second kappa shape index (κ2) is 6.83. The number of H-pyrrole nitrogens is 1. The second-order valence-electron chi connectivity index (χ2n) is 6.02. The third-order valence-corrected chi connectivity index (χ3v) is 4.24. The van der Waals surface area contributed by atoms with Gasteiger partial charge in [0.15, 0.2) is 17.2 Å². The van der Waals surface area contributed by atoms with Crippen molar-refractivity contribution in [1.82, 2.24) is 24.5 Å². The molecule has 0 saturated carbocycles. The number of imidazole rings is 1. The van der Waals surface area contributed by atoms with Crippen LogP contribution in [0.5, 0.6) is 0 Å². The van der Waals surface area contributed by atoms with Crippen LogP contribution < -0.4 is 11.4 Å². The van der Waals surface area contributed by atoms with E-state index in [9.17, 15) is 9.59 Å². The van der Waals surface area contributed by atoms with E-state index in [0.29, 0.717) is 24.2 Å². The zero-order valence-corrected chi connectivity index (χ0v) is 14.3. The summed E-state index contributed by atoms with van der Waals surface area (Å²) in [7, 11) is 0. The molecule has 134 valence electrons. The lowest BCUT2D eigenvalue weighted by atomic mass is 10.1. The third kappa shape index (κ3) is 3.20. The maximum Gasteiger partial charge on any atom is 0.327 e. The monoisotopic (exact) mass is 360 g/mol. The van der Waals surface area contributed by atoms with Crippen LogP contribution >= 0.6 is 0 Å². The molecule has 3 aromatic heterocycles. The Morgan fingerprint density at radius 3 is 2.63 bits per heavy atom. The fraction of sp³-hybridized carbons (Fsp3) is 0.105. The summed E-state index contributed by atoms with van der Waals surface area (Å²) in [5.74, 6) is -0.444. The summed E-state index contributed by atoms with van der Waals surface area (Å²) in [6.45, 7) is 0.407. The molecule has 1 aromatic carbocycles. The van der Waals surface area contributed by atoms with Gasteiger partial charge in [-0.05, 0) is 24.1 Å². The molecule has 0 aliphatic carbocycles. The molecule has 4 rings (SSSR count). The van der Waals surface area contributed by atoms with Gasteiger partial charge in [-0.25, -0.2) is 14.8 Å². The van der Waals surface area contributed by atoms with Crippen LogP contribution in [0.4, 0.5) is 0 Å². The first kappa shape index (κ1) is 16.6. The summed E-state index contributed by atoms with van der Waals surface area (Å²) in [6, 6.07) is 13.3. The summed E-state index contributed by atoms with van der Waals surface area (Å²) in [5, 5.41) is 0. The van der Waals surface area contributed by atoms with Crippen LogP contribution in [-0.2, 0) is 13.0 Å². The summed E-state index contributed by atoms with van der Waals surface area (Å²) in [6.07, 6.45) is 3.86. The Hall–Kier alpha value is -3.81. The molecule has 8 nitrogen and oxygen atoms in total. The minimum absolute atomic E-state index is 0.0191. The Balaban J connectivity index is 1.84. The van der Waals surface area contributed by atoms with Crippen molar-refractivity contribution in [1.29, 1.82) is 0 Å². The molecule has 4 aromatic rings. The number of primary amides is 1. The first-order chi connectivity index (χ1) is 13.1. The number of benzene rings is 1. The topological polar surface area (TPSA) is 120 Å². The number of hydrogen-bond acceptors (Lipinski definition) is 5. The van der Waals surface area contributed by atoms with Gasteiger partial charge in [-0.3, -0.25) is 14.3 Å². The molecule has 0 bridgehead atoms. The SMILES string of the molecule is NC(=O)c1nc(-c2cccnc2)nc2c1[nH]c(=O)n2CCc1ccccc1. The Kier molecular flexibility index (Phi) is 4.21. The number of rotatable bonds is 5. The van der Waals surface area contributed by atoms with Gasteiger partial charge in [0.2, 0.25) is 0 Å². The van der Waals surface area contributed by atoms with Gasteiger partial charge in [-0.2, -0.15) is 0 Å². The number of carbonyl (C=O) groups is 1. The average molecular weight is 360 g/mol. The van der Waals surface area contributed by atoms with Crippen molar-refractivity contribution in [2.75, 3.05) is 0 Å². The van der Waals surface area contributed by atoms with Crippen molar-refractivity contribution in [2.45, 2.75) is 13.0 Å². The lowest BCUT2D eigenvalue weighted by molar-refractivity contribution is 0.0997. The lowest BCUT2D eigenvalue weighted by Crippen LogP contribution is -2.18. The average Bonchev–Trinajstić information content (AvgIpc) is 3.02. The van der Waals surface area contributed by atoms with E-state index >= 15 is 0 Å². The van der Waals surface area contributed by atoms with Crippen molar-refractivity contribution >= 4 is 17.1 Å². The fourth-order valence-corrected chi connectivity index (χ4v) is 2.93. The van der Waals surface area contributed by atoms with E-state index in [1.807, 2.05) is 30.3 Å².